The van der Waals surface area contributed by atoms with Gasteiger partial charge in [-0.15, -0.1) is 11.3 Å². The van der Waals surface area contributed by atoms with Crippen LogP contribution >= 0.6 is 11.3 Å². The van der Waals surface area contributed by atoms with Crippen LogP contribution < -0.4 is 10.7 Å². The van der Waals surface area contributed by atoms with Gasteiger partial charge in [0.25, 0.3) is 5.91 Å². The van der Waals surface area contributed by atoms with Gasteiger partial charge in [-0.25, -0.2) is 20.4 Å². The maximum absolute atomic E-state index is 15.4. The first kappa shape index (κ1) is 43.9. The molecule has 67 heavy (non-hydrogen) atoms. The molecule has 2 N–H and O–H groups in total. The second-order valence-corrected chi connectivity index (χ2v) is 21.8. The molecule has 16 heteroatoms. The van der Waals surface area contributed by atoms with E-state index < -0.39 is 29.5 Å². The topological polar surface area (TPSA) is 174 Å². The van der Waals surface area contributed by atoms with Crippen molar-refractivity contribution in [3.05, 3.63) is 83.0 Å². The number of carbonyl (C=O) groups excluding carboxylic acids is 3. The van der Waals surface area contributed by atoms with E-state index in [1.54, 1.807) is 17.4 Å². The Morgan fingerprint density at radius 1 is 1.04 bits per heavy atom. The zero-order chi connectivity index (χ0) is 46.2. The van der Waals surface area contributed by atoms with E-state index in [-0.39, 0.29) is 53.7 Å². The van der Waals surface area contributed by atoms with Crippen molar-refractivity contribution in [2.24, 2.45) is 23.2 Å². The molecule has 5 aromatic rings. The van der Waals surface area contributed by atoms with Gasteiger partial charge in [0.05, 0.1) is 30.1 Å². The first-order valence-electron chi connectivity index (χ1n) is 24.1. The van der Waals surface area contributed by atoms with Crippen LogP contribution in [0, 0.1) is 34.5 Å². The molecule has 15 nitrogen and oxygen atoms in total. The number of cyclic esters (lactones) is 1. The number of hydrogen-bond donors (Lipinski definition) is 2. The minimum Gasteiger partial charge on any atom is -0.464 e. The van der Waals surface area contributed by atoms with Crippen LogP contribution in [-0.2, 0) is 25.5 Å². The van der Waals surface area contributed by atoms with Crippen molar-refractivity contribution in [3.8, 4) is 28.6 Å². The highest BCUT2D eigenvalue weighted by Gasteiger charge is 2.57. The summed E-state index contributed by atoms with van der Waals surface area (Å²) in [6.45, 7) is 9.33. The van der Waals surface area contributed by atoms with E-state index in [0.717, 1.165) is 101 Å². The molecule has 348 valence electrons. The zero-order valence-electron chi connectivity index (χ0n) is 38.7. The fourth-order valence-electron chi connectivity index (χ4n) is 12.2. The van der Waals surface area contributed by atoms with Gasteiger partial charge in [0.15, 0.2) is 0 Å². The van der Waals surface area contributed by atoms with E-state index in [1.807, 2.05) is 18.3 Å². The third-order valence-corrected chi connectivity index (χ3v) is 16.8. The predicted molar refractivity (Wildman–Crippen MR) is 253 cm³/mol. The average molecular weight is 922 g/mol. The SMILES string of the molecule is C[C@@H]1[C@@H](C(=O)N[C@@H]2C(=O)N3CCC[C@H](N3)C(=O)OCC(C)(C)Cc3c(-c4cccnc4)n([C@@H]4CC[C@@H](C#N)C4)c4ccc(cc34)-c3csc(n3)[C@H]2N2CC3(CCCN3C)C2)[C@@H]1c1ccncn1. The summed E-state index contributed by atoms with van der Waals surface area (Å²) < 4.78 is 8.68. The van der Waals surface area contributed by atoms with Crippen LogP contribution in [0.25, 0.3) is 33.4 Å². The summed E-state index contributed by atoms with van der Waals surface area (Å²) in [6.07, 6.45) is 13.3. The van der Waals surface area contributed by atoms with Crippen LogP contribution in [0.15, 0.2) is 66.7 Å². The van der Waals surface area contributed by atoms with E-state index in [1.165, 1.54) is 17.7 Å². The molecule has 1 spiro atoms. The first-order valence-corrected chi connectivity index (χ1v) is 25.0. The lowest BCUT2D eigenvalue weighted by molar-refractivity contribution is -0.156. The number of nitriles is 1. The molecule has 2 saturated carbocycles. The van der Waals surface area contributed by atoms with Crippen LogP contribution in [0.3, 0.4) is 0 Å². The number of nitrogens with one attached hydrogen (secondary N) is 2. The summed E-state index contributed by atoms with van der Waals surface area (Å²) in [5.74, 6) is -1.36. The number of likely N-dealkylation sites (N-methyl/N-ethyl adjacent to an activating group) is 1. The molecule has 4 aliphatic heterocycles. The van der Waals surface area contributed by atoms with E-state index in [0.29, 0.717) is 25.8 Å². The number of rotatable bonds is 6. The minimum atomic E-state index is -1.01. The van der Waals surface area contributed by atoms with E-state index in [2.05, 4.69) is 104 Å². The maximum Gasteiger partial charge on any atom is 0.324 e. The highest BCUT2D eigenvalue weighted by molar-refractivity contribution is 7.10. The van der Waals surface area contributed by atoms with Crippen LogP contribution in [0.1, 0.15) is 100.0 Å². The Labute approximate surface area is 395 Å². The number of benzene rings is 1. The van der Waals surface area contributed by atoms with Gasteiger partial charge in [-0.3, -0.25) is 34.2 Å². The van der Waals surface area contributed by atoms with Gasteiger partial charge in [0, 0.05) is 106 Å². The van der Waals surface area contributed by atoms with Crippen molar-refractivity contribution in [3.63, 3.8) is 0 Å². The molecule has 6 bridgehead atoms. The van der Waals surface area contributed by atoms with Gasteiger partial charge in [-0.05, 0) is 107 Å². The number of hydrazine groups is 1. The highest BCUT2D eigenvalue weighted by atomic mass is 32.1. The minimum absolute atomic E-state index is 0.00796. The molecule has 4 aromatic heterocycles. The molecule has 5 fully saturated rings. The van der Waals surface area contributed by atoms with Gasteiger partial charge in [-0.2, -0.15) is 5.26 Å². The van der Waals surface area contributed by atoms with Crippen LogP contribution in [0.4, 0.5) is 0 Å². The van der Waals surface area contributed by atoms with E-state index in [9.17, 15) is 14.9 Å². The van der Waals surface area contributed by atoms with E-state index >= 15 is 4.79 Å². The summed E-state index contributed by atoms with van der Waals surface area (Å²) in [5.41, 5.74) is 9.63. The monoisotopic (exact) mass is 921 g/mol. The maximum atomic E-state index is 15.4. The second-order valence-electron chi connectivity index (χ2n) is 20.9. The largest absolute Gasteiger partial charge is 0.464 e. The number of likely N-dealkylation sites (tertiary alicyclic amines) is 2. The number of thiazole rings is 1. The van der Waals surface area contributed by atoms with Gasteiger partial charge >= 0.3 is 5.97 Å². The quantitative estimate of drug-likeness (QED) is 0.178. The number of pyridine rings is 1. The summed E-state index contributed by atoms with van der Waals surface area (Å²) in [5, 5.41) is 18.8. The van der Waals surface area contributed by atoms with Crippen LogP contribution in [0.5, 0.6) is 0 Å². The molecule has 2 aliphatic carbocycles. The molecule has 8 heterocycles. The number of aromatic nitrogens is 5. The summed E-state index contributed by atoms with van der Waals surface area (Å²) in [6, 6.07) is 12.8. The lowest BCUT2D eigenvalue weighted by Gasteiger charge is -2.55. The Kier molecular flexibility index (Phi) is 11.3. The Morgan fingerprint density at radius 3 is 2.66 bits per heavy atom. The van der Waals surface area contributed by atoms with Gasteiger partial charge in [0.2, 0.25) is 5.91 Å². The van der Waals surface area contributed by atoms with Gasteiger partial charge in [-0.1, -0.05) is 26.8 Å². The Morgan fingerprint density at radius 2 is 1.91 bits per heavy atom. The lowest BCUT2D eigenvalue weighted by Crippen LogP contribution is -2.70. The number of esters is 1. The van der Waals surface area contributed by atoms with Crippen molar-refractivity contribution < 1.29 is 19.1 Å². The smallest absolute Gasteiger partial charge is 0.324 e. The predicted octanol–water partition coefficient (Wildman–Crippen LogP) is 6.46. The highest BCUT2D eigenvalue weighted by Crippen LogP contribution is 2.54. The van der Waals surface area contributed by atoms with Crippen molar-refractivity contribution in [2.45, 2.75) is 108 Å². The van der Waals surface area contributed by atoms with Gasteiger partial charge in [0.1, 0.15) is 23.4 Å². The van der Waals surface area contributed by atoms with Crippen molar-refractivity contribution in [1.29, 1.82) is 5.26 Å². The summed E-state index contributed by atoms with van der Waals surface area (Å²) >= 11 is 1.52. The van der Waals surface area contributed by atoms with E-state index in [4.69, 9.17) is 9.72 Å². The summed E-state index contributed by atoms with van der Waals surface area (Å²) in [7, 11) is 2.19. The standard InChI is InChI=1S/C51H59N11O4S/c1-30-41(37-14-17-54-29-55-37)42(30)46(63)57-43-45(60-26-51(27-60)15-7-18-59(51)4)47-56-39(25-67-47)32-11-13-40-35(21-32)36(22-50(2,3)28-66-49(65)38-9-6-19-61(58-38)48(43)64)44(33-8-5-16-53-24-33)62(40)34-12-10-31(20-34)23-52/h5,8,11,13-14,16-17,21,24-25,29-31,34,38,41-43,45,58H,6-7,9-10,12,15,18-20,22,26-28H2,1-4H3,(H,57,63)/t30-,31+,34+,38-,41-,42+,43-,45-/m0/s1. The first-order chi connectivity index (χ1) is 32.4. The molecule has 0 radical (unpaired) electrons. The Balaban J connectivity index is 1.05. The number of hydrogen-bond acceptors (Lipinski definition) is 13. The molecule has 8 atom stereocenters. The third kappa shape index (κ3) is 7.91. The van der Waals surface area contributed by atoms with Crippen LogP contribution in [-0.4, -0.2) is 115 Å². The zero-order valence-corrected chi connectivity index (χ0v) is 39.5. The fraction of sp³-hybridized carbons (Fsp3) is 0.529. The Hall–Kier alpha value is -5.60. The number of ether oxygens (including phenoxy) is 1. The number of carbonyl (C=O) groups is 3. The molecule has 0 unspecified atom stereocenters. The average Bonchev–Trinajstić information content (AvgIpc) is 3.87. The molecular formula is C51H59N11O4S. The van der Waals surface area contributed by atoms with Crippen molar-refractivity contribution >= 4 is 40.0 Å². The molecule has 2 amide bonds. The van der Waals surface area contributed by atoms with Gasteiger partial charge < -0.3 is 14.6 Å². The van der Waals surface area contributed by atoms with Crippen molar-refractivity contribution in [2.75, 3.05) is 39.8 Å². The number of fused-ring (bicyclic) bond motifs is 6. The Bertz CT molecular complexity index is 2750. The second kappa shape index (κ2) is 17.2. The third-order valence-electron chi connectivity index (χ3n) is 15.9. The van der Waals surface area contributed by atoms with Crippen molar-refractivity contribution in [1.82, 2.24) is 50.1 Å². The molecule has 3 saturated heterocycles. The molecule has 6 aliphatic rings. The fourth-order valence-corrected chi connectivity index (χ4v) is 13.2. The molecule has 11 rings (SSSR count). The number of nitrogens with zero attached hydrogens (tertiary/aromatic N) is 9. The normalized spacial score (nSPS) is 29.6. The van der Waals surface area contributed by atoms with Crippen LogP contribution in [0.2, 0.25) is 0 Å². The molecule has 1 aromatic carbocycles. The summed E-state index contributed by atoms with van der Waals surface area (Å²) in [4.78, 5) is 67.5. The number of amides is 2. The molecular weight excluding hydrogens is 863 g/mol. The lowest BCUT2D eigenvalue weighted by atomic mass is 9.84.